The van der Waals surface area contributed by atoms with Crippen LogP contribution in [-0.4, -0.2) is 46.4 Å². The summed E-state index contributed by atoms with van der Waals surface area (Å²) in [6.45, 7) is 0.337. The Kier molecular flexibility index (Phi) is 7.22. The van der Waals surface area contributed by atoms with Gasteiger partial charge in [-0.15, -0.1) is 0 Å². The molecule has 0 aromatic heterocycles. The minimum atomic E-state index is -3.30. The fourth-order valence-electron chi connectivity index (χ4n) is 3.13. The van der Waals surface area contributed by atoms with Crippen molar-refractivity contribution in [2.75, 3.05) is 19.9 Å². The lowest BCUT2D eigenvalue weighted by Crippen LogP contribution is -2.55. The van der Waals surface area contributed by atoms with E-state index in [-0.39, 0.29) is 24.2 Å². The molecule has 3 atom stereocenters. The topological polar surface area (TPSA) is 96.5 Å². The fourth-order valence-corrected chi connectivity index (χ4v) is 3.96. The largest absolute Gasteiger partial charge is 0.375 e. The standard InChI is InChI=1S/C17H27N3O4S/c1-24-16(13-8-4-3-5-9-13)12-18-17(21)19-14-10-6-7-11-15(14)20-25(2,22)23/h3-5,8-9,14-16,20H,6-7,10-12H2,1-2H3,(H2,18,19,21). The maximum Gasteiger partial charge on any atom is 0.315 e. The summed E-state index contributed by atoms with van der Waals surface area (Å²) < 4.78 is 31.0. The zero-order chi connectivity index (χ0) is 18.3. The second-order valence-corrected chi connectivity index (χ2v) is 8.16. The van der Waals surface area contributed by atoms with E-state index in [1.165, 1.54) is 0 Å². The average Bonchev–Trinajstić information content (AvgIpc) is 2.57. The molecule has 25 heavy (non-hydrogen) atoms. The van der Waals surface area contributed by atoms with Crippen molar-refractivity contribution in [2.45, 2.75) is 43.9 Å². The SMILES string of the molecule is COC(CNC(=O)NC1CCCCC1NS(C)(=O)=O)c1ccccc1. The molecule has 0 radical (unpaired) electrons. The molecule has 2 rings (SSSR count). The number of hydrogen-bond donors (Lipinski definition) is 3. The molecule has 1 aromatic rings. The molecule has 0 heterocycles. The summed E-state index contributed by atoms with van der Waals surface area (Å²) in [6, 6.07) is 8.87. The molecule has 0 spiro atoms. The van der Waals surface area contributed by atoms with Gasteiger partial charge in [-0.05, 0) is 18.4 Å². The van der Waals surface area contributed by atoms with E-state index >= 15 is 0 Å². The Morgan fingerprint density at radius 1 is 1.20 bits per heavy atom. The Labute approximate surface area is 149 Å². The Hall–Kier alpha value is -1.64. The molecule has 1 fully saturated rings. The van der Waals surface area contributed by atoms with E-state index in [4.69, 9.17) is 4.74 Å². The van der Waals surface area contributed by atoms with Gasteiger partial charge in [-0.2, -0.15) is 0 Å². The number of carbonyl (C=O) groups excluding carboxylic acids is 1. The number of hydrogen-bond acceptors (Lipinski definition) is 4. The fraction of sp³-hybridized carbons (Fsp3) is 0.588. The molecule has 0 aliphatic heterocycles. The molecule has 3 unspecified atom stereocenters. The lowest BCUT2D eigenvalue weighted by molar-refractivity contribution is 0.103. The van der Waals surface area contributed by atoms with Crippen LogP contribution < -0.4 is 15.4 Å². The number of carbonyl (C=O) groups is 1. The van der Waals surface area contributed by atoms with Crippen LogP contribution in [0.2, 0.25) is 0 Å². The van der Waals surface area contributed by atoms with Gasteiger partial charge < -0.3 is 15.4 Å². The Morgan fingerprint density at radius 3 is 2.44 bits per heavy atom. The first-order chi connectivity index (χ1) is 11.9. The van der Waals surface area contributed by atoms with E-state index in [2.05, 4.69) is 15.4 Å². The van der Waals surface area contributed by atoms with E-state index < -0.39 is 10.0 Å². The predicted molar refractivity (Wildman–Crippen MR) is 96.7 cm³/mol. The first-order valence-corrected chi connectivity index (χ1v) is 10.4. The van der Waals surface area contributed by atoms with Gasteiger partial charge in [0.25, 0.3) is 0 Å². The number of amides is 2. The third-order valence-electron chi connectivity index (χ3n) is 4.35. The van der Waals surface area contributed by atoms with Crippen molar-refractivity contribution in [3.63, 3.8) is 0 Å². The third-order valence-corrected chi connectivity index (χ3v) is 5.08. The van der Waals surface area contributed by atoms with Crippen molar-refractivity contribution in [1.29, 1.82) is 0 Å². The number of rotatable bonds is 7. The summed E-state index contributed by atoms with van der Waals surface area (Å²) in [5, 5.41) is 5.70. The summed E-state index contributed by atoms with van der Waals surface area (Å²) in [6.07, 6.45) is 4.31. The number of benzene rings is 1. The Morgan fingerprint density at radius 2 is 1.84 bits per heavy atom. The molecular weight excluding hydrogens is 342 g/mol. The van der Waals surface area contributed by atoms with Crippen LogP contribution >= 0.6 is 0 Å². The van der Waals surface area contributed by atoms with Gasteiger partial charge in [0.15, 0.2) is 0 Å². The van der Waals surface area contributed by atoms with E-state index in [1.807, 2.05) is 30.3 Å². The van der Waals surface area contributed by atoms with E-state index in [0.29, 0.717) is 6.54 Å². The minimum Gasteiger partial charge on any atom is -0.375 e. The van der Waals surface area contributed by atoms with Crippen LogP contribution in [0.4, 0.5) is 4.79 Å². The van der Waals surface area contributed by atoms with Crippen LogP contribution in [0.1, 0.15) is 37.4 Å². The Balaban J connectivity index is 1.87. The van der Waals surface area contributed by atoms with Crippen LogP contribution in [0.15, 0.2) is 30.3 Å². The van der Waals surface area contributed by atoms with Crippen LogP contribution in [0.5, 0.6) is 0 Å². The van der Waals surface area contributed by atoms with Gasteiger partial charge in [0.1, 0.15) is 0 Å². The van der Waals surface area contributed by atoms with Crippen molar-refractivity contribution in [2.24, 2.45) is 0 Å². The zero-order valence-corrected chi connectivity index (χ0v) is 15.5. The number of methoxy groups -OCH3 is 1. The number of nitrogens with one attached hydrogen (secondary N) is 3. The molecule has 3 N–H and O–H groups in total. The third kappa shape index (κ3) is 6.64. The van der Waals surface area contributed by atoms with Crippen molar-refractivity contribution < 1.29 is 17.9 Å². The summed E-state index contributed by atoms with van der Waals surface area (Å²) in [5.41, 5.74) is 0.986. The van der Waals surface area contributed by atoms with E-state index in [9.17, 15) is 13.2 Å². The van der Waals surface area contributed by atoms with Gasteiger partial charge in [-0.1, -0.05) is 43.2 Å². The smallest absolute Gasteiger partial charge is 0.315 e. The molecular formula is C17H27N3O4S. The van der Waals surface area contributed by atoms with Crippen molar-refractivity contribution >= 4 is 16.1 Å². The maximum atomic E-state index is 12.2. The lowest BCUT2D eigenvalue weighted by atomic mass is 9.91. The normalized spacial score (nSPS) is 22.2. The zero-order valence-electron chi connectivity index (χ0n) is 14.7. The van der Waals surface area contributed by atoms with Gasteiger partial charge in [0.2, 0.25) is 10.0 Å². The summed E-state index contributed by atoms with van der Waals surface area (Å²) in [5.74, 6) is 0. The molecule has 1 aliphatic carbocycles. The quantitative estimate of drug-likeness (QED) is 0.679. The highest BCUT2D eigenvalue weighted by Crippen LogP contribution is 2.19. The average molecular weight is 369 g/mol. The maximum absolute atomic E-state index is 12.2. The monoisotopic (exact) mass is 369 g/mol. The summed E-state index contributed by atoms with van der Waals surface area (Å²) in [4.78, 5) is 12.2. The predicted octanol–water partition coefficient (Wildman–Crippen LogP) is 1.53. The van der Waals surface area contributed by atoms with Gasteiger partial charge in [0.05, 0.1) is 12.4 Å². The van der Waals surface area contributed by atoms with Crippen LogP contribution in [0.3, 0.4) is 0 Å². The van der Waals surface area contributed by atoms with Crippen LogP contribution in [0, 0.1) is 0 Å². The molecule has 1 aromatic carbocycles. The molecule has 1 aliphatic rings. The number of urea groups is 1. The van der Waals surface area contributed by atoms with E-state index in [0.717, 1.165) is 37.5 Å². The number of ether oxygens (including phenoxy) is 1. The second-order valence-electron chi connectivity index (χ2n) is 6.38. The molecule has 1 saturated carbocycles. The highest BCUT2D eigenvalue weighted by molar-refractivity contribution is 7.88. The molecule has 140 valence electrons. The van der Waals surface area contributed by atoms with Gasteiger partial charge in [0, 0.05) is 25.7 Å². The first-order valence-electron chi connectivity index (χ1n) is 8.48. The molecule has 7 nitrogen and oxygen atoms in total. The highest BCUT2D eigenvalue weighted by Gasteiger charge is 2.28. The van der Waals surface area contributed by atoms with Crippen LogP contribution in [0.25, 0.3) is 0 Å². The minimum absolute atomic E-state index is 0.207. The number of sulfonamides is 1. The van der Waals surface area contributed by atoms with Gasteiger partial charge in [-0.25, -0.2) is 17.9 Å². The second kappa shape index (κ2) is 9.17. The Bertz CT molecular complexity index is 651. The molecule has 2 amide bonds. The lowest BCUT2D eigenvalue weighted by Gasteiger charge is -2.32. The first kappa shape index (κ1) is 19.7. The molecule has 0 bridgehead atoms. The molecule has 0 saturated heterocycles. The van der Waals surface area contributed by atoms with E-state index in [1.54, 1.807) is 7.11 Å². The van der Waals surface area contributed by atoms with Crippen molar-refractivity contribution in [1.82, 2.24) is 15.4 Å². The van der Waals surface area contributed by atoms with Gasteiger partial charge in [-0.3, -0.25) is 0 Å². The van der Waals surface area contributed by atoms with Crippen molar-refractivity contribution in [3.8, 4) is 0 Å². The highest BCUT2D eigenvalue weighted by atomic mass is 32.2. The van der Waals surface area contributed by atoms with Crippen molar-refractivity contribution in [3.05, 3.63) is 35.9 Å². The van der Waals surface area contributed by atoms with Crippen LogP contribution in [-0.2, 0) is 14.8 Å². The van der Waals surface area contributed by atoms with Gasteiger partial charge >= 0.3 is 6.03 Å². The summed E-state index contributed by atoms with van der Waals surface area (Å²) >= 11 is 0. The molecule has 8 heteroatoms. The summed E-state index contributed by atoms with van der Waals surface area (Å²) in [7, 11) is -1.70.